The number of amides is 1. The van der Waals surface area contributed by atoms with Gasteiger partial charge in [-0.05, 0) is 38.0 Å². The summed E-state index contributed by atoms with van der Waals surface area (Å²) in [6.07, 6.45) is 2.48. The number of hydrogen-bond donors (Lipinski definition) is 1. The smallest absolute Gasteiger partial charge is 0.344 e. The molecule has 0 saturated carbocycles. The summed E-state index contributed by atoms with van der Waals surface area (Å²) in [6, 6.07) is 5.39. The Morgan fingerprint density at radius 1 is 1.25 bits per heavy atom. The molecule has 0 fully saturated rings. The van der Waals surface area contributed by atoms with Crippen LogP contribution < -0.4 is 14.8 Å². The molecule has 1 heterocycles. The van der Waals surface area contributed by atoms with E-state index in [0.717, 1.165) is 11.3 Å². The maximum Gasteiger partial charge on any atom is 0.344 e. The van der Waals surface area contributed by atoms with Gasteiger partial charge in [0.1, 0.15) is 0 Å². The van der Waals surface area contributed by atoms with Crippen LogP contribution in [0.2, 0.25) is 0 Å². The Morgan fingerprint density at radius 2 is 2.00 bits per heavy atom. The van der Waals surface area contributed by atoms with Crippen LogP contribution in [0.5, 0.6) is 11.5 Å². The number of benzene rings is 1. The average Bonchev–Trinajstić information content (AvgIpc) is 2.91. The first-order valence-corrected chi connectivity index (χ1v) is 8.72. The number of aromatic nitrogens is 2. The molecule has 1 amide bonds. The molecule has 1 aromatic heterocycles. The van der Waals surface area contributed by atoms with Crippen molar-refractivity contribution in [3.63, 3.8) is 0 Å². The standard InChI is InChI=1S/C20H25N3O5/c1-6-7-15-8-9-16(17(10-15)26-5)27-12-19(25)28-11-18(24)21-20-13(2)22-23(4)14(20)3/h6,8-10H,1,7,11-12H2,2-5H3,(H,21,24). The summed E-state index contributed by atoms with van der Waals surface area (Å²) in [5.41, 5.74) is 3.13. The summed E-state index contributed by atoms with van der Waals surface area (Å²) in [6.45, 7) is 6.57. The summed E-state index contributed by atoms with van der Waals surface area (Å²) < 4.78 is 17.3. The van der Waals surface area contributed by atoms with E-state index in [9.17, 15) is 9.59 Å². The Bertz CT molecular complexity index is 873. The van der Waals surface area contributed by atoms with E-state index in [-0.39, 0.29) is 6.61 Å². The lowest BCUT2D eigenvalue weighted by molar-refractivity contribution is -0.149. The van der Waals surface area contributed by atoms with E-state index in [1.807, 2.05) is 19.1 Å². The van der Waals surface area contributed by atoms with Crippen molar-refractivity contribution in [3.8, 4) is 11.5 Å². The van der Waals surface area contributed by atoms with Gasteiger partial charge in [-0.3, -0.25) is 9.48 Å². The van der Waals surface area contributed by atoms with E-state index in [1.54, 1.807) is 30.8 Å². The van der Waals surface area contributed by atoms with Crippen LogP contribution >= 0.6 is 0 Å². The minimum atomic E-state index is -0.660. The number of nitrogens with one attached hydrogen (secondary N) is 1. The number of anilines is 1. The molecule has 0 aliphatic heterocycles. The number of allylic oxidation sites excluding steroid dienone is 1. The van der Waals surface area contributed by atoms with Crippen molar-refractivity contribution in [2.24, 2.45) is 7.05 Å². The van der Waals surface area contributed by atoms with Gasteiger partial charge in [0.25, 0.3) is 5.91 Å². The zero-order chi connectivity index (χ0) is 20.7. The fourth-order valence-corrected chi connectivity index (χ4v) is 2.58. The molecule has 2 aromatic rings. The SMILES string of the molecule is C=CCc1ccc(OCC(=O)OCC(=O)Nc2c(C)nn(C)c2C)c(OC)c1. The largest absolute Gasteiger partial charge is 0.493 e. The molecule has 0 aliphatic carbocycles. The number of methoxy groups -OCH3 is 1. The minimum Gasteiger partial charge on any atom is -0.493 e. The number of ether oxygens (including phenoxy) is 3. The Morgan fingerprint density at radius 3 is 2.61 bits per heavy atom. The molecule has 0 atom stereocenters. The normalized spacial score (nSPS) is 10.3. The predicted octanol–water partition coefficient (Wildman–Crippen LogP) is 2.33. The molecule has 0 radical (unpaired) electrons. The average molecular weight is 387 g/mol. The van der Waals surface area contributed by atoms with Gasteiger partial charge in [0, 0.05) is 7.05 Å². The maximum atomic E-state index is 12.0. The van der Waals surface area contributed by atoms with E-state index >= 15 is 0 Å². The van der Waals surface area contributed by atoms with Gasteiger partial charge in [0.2, 0.25) is 0 Å². The summed E-state index contributed by atoms with van der Waals surface area (Å²) in [4.78, 5) is 23.9. The second kappa shape index (κ2) is 9.59. The summed E-state index contributed by atoms with van der Waals surface area (Å²) in [5.74, 6) is -0.184. The third-order valence-electron chi connectivity index (χ3n) is 4.09. The van der Waals surface area contributed by atoms with Crippen LogP contribution in [-0.2, 0) is 27.8 Å². The van der Waals surface area contributed by atoms with Gasteiger partial charge in [-0.15, -0.1) is 6.58 Å². The number of aryl methyl sites for hydroxylation is 2. The van der Waals surface area contributed by atoms with Crippen molar-refractivity contribution in [3.05, 3.63) is 47.8 Å². The van der Waals surface area contributed by atoms with Crippen molar-refractivity contribution in [2.75, 3.05) is 25.6 Å². The predicted molar refractivity (Wildman–Crippen MR) is 105 cm³/mol. The van der Waals surface area contributed by atoms with E-state index in [0.29, 0.717) is 29.3 Å². The zero-order valence-electron chi connectivity index (χ0n) is 16.6. The number of rotatable bonds is 9. The molecule has 1 N–H and O–H groups in total. The highest BCUT2D eigenvalue weighted by molar-refractivity contribution is 5.93. The molecule has 0 aliphatic rings. The number of carbonyl (C=O) groups is 2. The lowest BCUT2D eigenvalue weighted by Gasteiger charge is -2.12. The van der Waals surface area contributed by atoms with Crippen LogP contribution in [0.1, 0.15) is 17.0 Å². The summed E-state index contributed by atoms with van der Waals surface area (Å²) in [7, 11) is 3.30. The van der Waals surface area contributed by atoms with Gasteiger partial charge < -0.3 is 19.5 Å². The fraction of sp³-hybridized carbons (Fsp3) is 0.350. The Kier molecular flexibility index (Phi) is 7.20. The first-order valence-electron chi connectivity index (χ1n) is 8.72. The second-order valence-electron chi connectivity index (χ2n) is 6.14. The van der Waals surface area contributed by atoms with Crippen LogP contribution in [0.25, 0.3) is 0 Å². The molecule has 2 rings (SSSR count). The third kappa shape index (κ3) is 5.35. The van der Waals surface area contributed by atoms with Crippen LogP contribution in [0.3, 0.4) is 0 Å². The van der Waals surface area contributed by atoms with Gasteiger partial charge in [0.15, 0.2) is 24.7 Å². The molecule has 150 valence electrons. The van der Waals surface area contributed by atoms with Crippen LogP contribution in [0.15, 0.2) is 30.9 Å². The van der Waals surface area contributed by atoms with Gasteiger partial charge in [-0.25, -0.2) is 4.79 Å². The summed E-state index contributed by atoms with van der Waals surface area (Å²) >= 11 is 0. The number of esters is 1. The maximum absolute atomic E-state index is 12.0. The van der Waals surface area contributed by atoms with E-state index in [4.69, 9.17) is 14.2 Å². The van der Waals surface area contributed by atoms with Gasteiger partial charge >= 0.3 is 5.97 Å². The summed E-state index contributed by atoms with van der Waals surface area (Å²) in [5, 5.41) is 6.91. The highest BCUT2D eigenvalue weighted by Gasteiger charge is 2.15. The number of hydrogen-bond acceptors (Lipinski definition) is 6. The third-order valence-corrected chi connectivity index (χ3v) is 4.09. The second-order valence-corrected chi connectivity index (χ2v) is 6.14. The molecule has 0 bridgehead atoms. The van der Waals surface area contributed by atoms with Gasteiger partial charge in [-0.1, -0.05) is 12.1 Å². The zero-order valence-corrected chi connectivity index (χ0v) is 16.6. The van der Waals surface area contributed by atoms with Crippen molar-refractivity contribution in [1.82, 2.24) is 9.78 Å². The molecule has 28 heavy (non-hydrogen) atoms. The molecule has 0 saturated heterocycles. The van der Waals surface area contributed by atoms with Crippen molar-refractivity contribution in [1.29, 1.82) is 0 Å². The van der Waals surface area contributed by atoms with E-state index in [2.05, 4.69) is 17.0 Å². The highest BCUT2D eigenvalue weighted by Crippen LogP contribution is 2.28. The molecule has 0 spiro atoms. The van der Waals surface area contributed by atoms with Crippen LogP contribution in [0, 0.1) is 13.8 Å². The number of nitrogens with zero attached hydrogens (tertiary/aromatic N) is 2. The Labute approximate surface area is 164 Å². The highest BCUT2D eigenvalue weighted by atomic mass is 16.6. The molecule has 1 aromatic carbocycles. The van der Waals surface area contributed by atoms with E-state index in [1.165, 1.54) is 7.11 Å². The van der Waals surface area contributed by atoms with Crippen LogP contribution in [0.4, 0.5) is 5.69 Å². The van der Waals surface area contributed by atoms with Crippen molar-refractivity contribution < 1.29 is 23.8 Å². The van der Waals surface area contributed by atoms with Crippen molar-refractivity contribution in [2.45, 2.75) is 20.3 Å². The number of carbonyl (C=O) groups excluding carboxylic acids is 2. The first kappa shape index (κ1) is 21.0. The van der Waals surface area contributed by atoms with Gasteiger partial charge in [0.05, 0.1) is 24.2 Å². The lowest BCUT2D eigenvalue weighted by Crippen LogP contribution is -2.24. The van der Waals surface area contributed by atoms with Crippen LogP contribution in [-0.4, -0.2) is 42.0 Å². The monoisotopic (exact) mass is 387 g/mol. The Hall–Kier alpha value is -3.29. The fourth-order valence-electron chi connectivity index (χ4n) is 2.58. The first-order chi connectivity index (χ1) is 13.3. The quantitative estimate of drug-likeness (QED) is 0.525. The van der Waals surface area contributed by atoms with Gasteiger partial charge in [-0.2, -0.15) is 5.10 Å². The lowest BCUT2D eigenvalue weighted by atomic mass is 10.1. The molecular formula is C20H25N3O5. The van der Waals surface area contributed by atoms with Crippen molar-refractivity contribution >= 4 is 17.6 Å². The molecule has 8 nitrogen and oxygen atoms in total. The topological polar surface area (TPSA) is 91.7 Å². The Balaban J connectivity index is 1.84. The minimum absolute atomic E-state index is 0.338. The molecule has 8 heteroatoms. The van der Waals surface area contributed by atoms with E-state index < -0.39 is 18.5 Å². The molecule has 0 unspecified atom stereocenters. The molecular weight excluding hydrogens is 362 g/mol.